The van der Waals surface area contributed by atoms with E-state index < -0.39 is 5.41 Å². The van der Waals surface area contributed by atoms with Crippen molar-refractivity contribution >= 4 is 11.8 Å². The molecule has 0 amide bonds. The second-order valence-electron chi connectivity index (χ2n) is 4.33. The third-order valence-electron chi connectivity index (χ3n) is 3.48. The van der Waals surface area contributed by atoms with Crippen LogP contribution in [0.15, 0.2) is 11.6 Å². The van der Waals surface area contributed by atoms with E-state index >= 15 is 0 Å². The minimum atomic E-state index is -0.568. The van der Waals surface area contributed by atoms with Gasteiger partial charge in [-0.05, 0) is 25.7 Å². The molecule has 0 spiro atoms. The van der Waals surface area contributed by atoms with E-state index in [4.69, 9.17) is 4.74 Å². The van der Waals surface area contributed by atoms with Crippen LogP contribution in [-0.2, 0) is 14.3 Å². The average Bonchev–Trinajstić information content (AvgIpc) is 2.18. The van der Waals surface area contributed by atoms with Gasteiger partial charge in [-0.1, -0.05) is 6.08 Å². The molecule has 0 N–H and O–H groups in total. The van der Waals surface area contributed by atoms with Gasteiger partial charge in [0.2, 0.25) is 0 Å². The smallest absolute Gasteiger partial charge is 0.334 e. The molecule has 14 heavy (non-hydrogen) atoms. The highest BCUT2D eigenvalue weighted by atomic mass is 16.5. The van der Waals surface area contributed by atoms with Crippen molar-refractivity contribution in [3.63, 3.8) is 0 Å². The maximum atomic E-state index is 11.8. The van der Waals surface area contributed by atoms with Gasteiger partial charge in [-0.3, -0.25) is 4.79 Å². The number of hydrogen-bond acceptors (Lipinski definition) is 3. The van der Waals surface area contributed by atoms with Crippen molar-refractivity contribution in [2.45, 2.75) is 26.2 Å². The lowest BCUT2D eigenvalue weighted by molar-refractivity contribution is -0.142. The van der Waals surface area contributed by atoms with Gasteiger partial charge in [0.15, 0.2) is 0 Å². The fraction of sp³-hybridized carbons (Fsp3) is 0.636. The van der Waals surface area contributed by atoms with Crippen LogP contribution < -0.4 is 0 Å². The highest BCUT2D eigenvalue weighted by Gasteiger charge is 2.48. The zero-order valence-corrected chi connectivity index (χ0v) is 8.50. The standard InChI is InChI=1S/C11H14O3/c1-11-4-3-7(6-9(11)12)5-8(11)10(13)14-2/h5,7H,3-4,6H2,1-2H3/t7-,11+/m1/s1. The second-order valence-corrected chi connectivity index (χ2v) is 4.33. The molecule has 3 aliphatic rings. The van der Waals surface area contributed by atoms with Crippen LogP contribution in [0.5, 0.6) is 0 Å². The Morgan fingerprint density at radius 2 is 2.36 bits per heavy atom. The molecule has 1 saturated carbocycles. The molecule has 0 aliphatic heterocycles. The molecule has 3 heteroatoms. The Morgan fingerprint density at radius 1 is 1.64 bits per heavy atom. The fourth-order valence-electron chi connectivity index (χ4n) is 2.43. The van der Waals surface area contributed by atoms with Gasteiger partial charge in [-0.15, -0.1) is 0 Å². The van der Waals surface area contributed by atoms with Crippen molar-refractivity contribution in [2.24, 2.45) is 11.3 Å². The number of carbonyl (C=O) groups excluding carboxylic acids is 2. The molecular formula is C11H14O3. The van der Waals surface area contributed by atoms with Crippen LogP contribution in [0.25, 0.3) is 0 Å². The third-order valence-corrected chi connectivity index (χ3v) is 3.48. The number of esters is 1. The van der Waals surface area contributed by atoms with E-state index in [1.54, 1.807) is 0 Å². The molecule has 0 aromatic heterocycles. The summed E-state index contributed by atoms with van der Waals surface area (Å²) in [5.41, 5.74) is 0.00877. The molecule has 2 bridgehead atoms. The lowest BCUT2D eigenvalue weighted by Crippen LogP contribution is -2.43. The van der Waals surface area contributed by atoms with Crippen molar-refractivity contribution in [1.82, 2.24) is 0 Å². The molecule has 76 valence electrons. The summed E-state index contributed by atoms with van der Waals surface area (Å²) in [6.45, 7) is 1.85. The number of allylic oxidation sites excluding steroid dienone is 1. The average molecular weight is 194 g/mol. The highest BCUT2D eigenvalue weighted by Crippen LogP contribution is 2.47. The van der Waals surface area contributed by atoms with E-state index in [1.807, 2.05) is 13.0 Å². The lowest BCUT2D eigenvalue weighted by atomic mass is 9.61. The number of ether oxygens (including phenoxy) is 1. The summed E-state index contributed by atoms with van der Waals surface area (Å²) < 4.78 is 4.70. The van der Waals surface area contributed by atoms with Crippen molar-refractivity contribution in [3.05, 3.63) is 11.6 Å². The van der Waals surface area contributed by atoms with Gasteiger partial charge in [0, 0.05) is 12.0 Å². The first-order valence-electron chi connectivity index (χ1n) is 4.92. The molecule has 3 aliphatic carbocycles. The van der Waals surface area contributed by atoms with E-state index in [9.17, 15) is 9.59 Å². The van der Waals surface area contributed by atoms with Gasteiger partial charge in [0.05, 0.1) is 12.5 Å². The number of fused-ring (bicyclic) bond motifs is 2. The predicted octanol–water partition coefficient (Wildman–Crippen LogP) is 1.47. The first kappa shape index (κ1) is 9.44. The Labute approximate surface area is 83.1 Å². The minimum absolute atomic E-state index is 0.191. The van der Waals surface area contributed by atoms with Crippen LogP contribution >= 0.6 is 0 Å². The SMILES string of the molecule is COC(=O)C1=C[C@H]2CC[C@]1(C)C(=O)C2. The van der Waals surface area contributed by atoms with Gasteiger partial charge in [0.25, 0.3) is 0 Å². The molecule has 0 radical (unpaired) electrons. The maximum absolute atomic E-state index is 11.8. The molecule has 2 atom stereocenters. The Hall–Kier alpha value is -1.12. The molecule has 0 aromatic carbocycles. The van der Waals surface area contributed by atoms with E-state index in [0.717, 1.165) is 12.8 Å². The van der Waals surface area contributed by atoms with Crippen LogP contribution in [0.1, 0.15) is 26.2 Å². The molecule has 0 saturated heterocycles. The number of hydrogen-bond donors (Lipinski definition) is 0. The monoisotopic (exact) mass is 194 g/mol. The van der Waals surface area contributed by atoms with Crippen molar-refractivity contribution < 1.29 is 14.3 Å². The molecular weight excluding hydrogens is 180 g/mol. The summed E-state index contributed by atoms with van der Waals surface area (Å²) in [5.74, 6) is 0.111. The summed E-state index contributed by atoms with van der Waals surface area (Å²) in [4.78, 5) is 23.2. The zero-order valence-electron chi connectivity index (χ0n) is 8.50. The zero-order chi connectivity index (χ0) is 10.3. The van der Waals surface area contributed by atoms with Crippen LogP contribution in [0.4, 0.5) is 0 Å². The van der Waals surface area contributed by atoms with E-state index in [1.165, 1.54) is 7.11 Å². The van der Waals surface area contributed by atoms with Crippen LogP contribution in [0.3, 0.4) is 0 Å². The molecule has 0 heterocycles. The summed E-state index contributed by atoms with van der Waals surface area (Å²) >= 11 is 0. The number of carbonyl (C=O) groups is 2. The Morgan fingerprint density at radius 3 is 2.93 bits per heavy atom. The van der Waals surface area contributed by atoms with Crippen molar-refractivity contribution in [2.75, 3.05) is 7.11 Å². The van der Waals surface area contributed by atoms with Gasteiger partial charge >= 0.3 is 5.97 Å². The van der Waals surface area contributed by atoms with Gasteiger partial charge in [-0.25, -0.2) is 4.79 Å². The first-order valence-corrected chi connectivity index (χ1v) is 4.92. The van der Waals surface area contributed by atoms with E-state index in [-0.39, 0.29) is 17.7 Å². The molecule has 0 unspecified atom stereocenters. The summed E-state index contributed by atoms with van der Waals surface area (Å²) in [5, 5.41) is 0. The Bertz CT molecular complexity index is 329. The topological polar surface area (TPSA) is 43.4 Å². The minimum Gasteiger partial charge on any atom is -0.466 e. The highest BCUT2D eigenvalue weighted by molar-refractivity contribution is 6.02. The Balaban J connectivity index is 2.42. The summed E-state index contributed by atoms with van der Waals surface area (Å²) in [6, 6.07) is 0. The number of Topliss-reactive ketones (excluding diaryl/α,β-unsaturated/α-hetero) is 1. The number of ketones is 1. The normalized spacial score (nSPS) is 35.4. The first-order chi connectivity index (χ1) is 6.58. The molecule has 1 fully saturated rings. The van der Waals surface area contributed by atoms with Gasteiger partial charge in [0.1, 0.15) is 5.78 Å². The van der Waals surface area contributed by atoms with Gasteiger partial charge in [-0.2, -0.15) is 0 Å². The van der Waals surface area contributed by atoms with Crippen LogP contribution in [-0.4, -0.2) is 18.9 Å². The maximum Gasteiger partial charge on any atom is 0.334 e. The fourth-order valence-corrected chi connectivity index (χ4v) is 2.43. The van der Waals surface area contributed by atoms with Gasteiger partial charge < -0.3 is 4.74 Å². The number of methoxy groups -OCH3 is 1. The molecule has 3 nitrogen and oxygen atoms in total. The van der Waals surface area contributed by atoms with Crippen LogP contribution in [0, 0.1) is 11.3 Å². The largest absolute Gasteiger partial charge is 0.466 e. The van der Waals surface area contributed by atoms with E-state index in [0.29, 0.717) is 12.0 Å². The molecule has 3 rings (SSSR count). The Kier molecular flexibility index (Phi) is 1.98. The van der Waals surface area contributed by atoms with Crippen LogP contribution in [0.2, 0.25) is 0 Å². The third kappa shape index (κ3) is 1.11. The summed E-state index contributed by atoms with van der Waals surface area (Å²) in [7, 11) is 1.36. The van der Waals surface area contributed by atoms with Crippen molar-refractivity contribution in [1.29, 1.82) is 0 Å². The molecule has 0 aromatic rings. The number of rotatable bonds is 1. The predicted molar refractivity (Wildman–Crippen MR) is 50.6 cm³/mol. The lowest BCUT2D eigenvalue weighted by Gasteiger charge is -2.41. The van der Waals surface area contributed by atoms with E-state index in [2.05, 4.69) is 0 Å². The van der Waals surface area contributed by atoms with Crippen molar-refractivity contribution in [3.8, 4) is 0 Å². The second kappa shape index (κ2) is 2.94. The summed E-state index contributed by atoms with van der Waals surface area (Å²) in [6.07, 6.45) is 4.33. The quantitative estimate of drug-likeness (QED) is 0.594.